The molecule has 0 spiro atoms. The van der Waals surface area contributed by atoms with Crippen LogP contribution in [-0.4, -0.2) is 101 Å². The zero-order valence-corrected chi connectivity index (χ0v) is 34.8. The van der Waals surface area contributed by atoms with Crippen molar-refractivity contribution in [3.63, 3.8) is 0 Å². The van der Waals surface area contributed by atoms with Crippen LogP contribution in [0.4, 0.5) is 0 Å². The standard InChI is InChI=1S/C48H46O15/c1-54-32-22-20-31(21-23-32)48-39(28-14-8-5-9-15-28)38(44(52)56-3)41(49)47(48,53)40-34(55-2)24-33(25-35(40)63-48)60-46-45(57-4)59-27-37(62-46)36(61-43(51)30-18-12-7-13-19-30)26-58-42(50)29-16-10-6-11-17-29/h5-25,36-39,41,45-46,49,53H,26-27H2,1-4H3/t36-,37-,38-,39-,41-,45-,46-,47+,48+/m1/s1. The summed E-state index contributed by atoms with van der Waals surface area (Å²) in [5, 5.41) is 25.6. The quantitative estimate of drug-likeness (QED) is 0.108. The second-order valence-electron chi connectivity index (χ2n) is 15.1. The van der Waals surface area contributed by atoms with Crippen molar-refractivity contribution in [3.05, 3.63) is 155 Å². The number of aliphatic hydroxyl groups excluding tert-OH is 1. The molecule has 2 fully saturated rings. The van der Waals surface area contributed by atoms with E-state index in [0.717, 1.165) is 0 Å². The molecule has 5 aromatic rings. The van der Waals surface area contributed by atoms with E-state index in [9.17, 15) is 24.6 Å². The fourth-order valence-corrected chi connectivity index (χ4v) is 8.80. The van der Waals surface area contributed by atoms with Crippen LogP contribution in [0.2, 0.25) is 0 Å². The third-order valence-electron chi connectivity index (χ3n) is 11.7. The Morgan fingerprint density at radius 2 is 1.40 bits per heavy atom. The van der Waals surface area contributed by atoms with Gasteiger partial charge in [0.1, 0.15) is 41.8 Å². The van der Waals surface area contributed by atoms with Gasteiger partial charge >= 0.3 is 17.9 Å². The van der Waals surface area contributed by atoms with Crippen molar-refractivity contribution in [2.24, 2.45) is 5.92 Å². The maximum absolute atomic E-state index is 13.7. The molecular weight excluding hydrogens is 817 g/mol. The van der Waals surface area contributed by atoms with E-state index in [0.29, 0.717) is 22.4 Å². The number of aliphatic hydroxyl groups is 2. The molecule has 63 heavy (non-hydrogen) atoms. The van der Waals surface area contributed by atoms with Crippen molar-refractivity contribution < 1.29 is 72.0 Å². The van der Waals surface area contributed by atoms with Gasteiger partial charge in [0.2, 0.25) is 6.29 Å². The lowest BCUT2D eigenvalue weighted by atomic mass is 9.70. The third kappa shape index (κ3) is 7.72. The average molecular weight is 863 g/mol. The lowest BCUT2D eigenvalue weighted by Crippen LogP contribution is -2.53. The van der Waals surface area contributed by atoms with Crippen LogP contribution in [0, 0.1) is 5.92 Å². The molecule has 3 aliphatic rings. The van der Waals surface area contributed by atoms with Gasteiger partial charge in [-0.25, -0.2) is 9.59 Å². The first-order valence-corrected chi connectivity index (χ1v) is 20.1. The van der Waals surface area contributed by atoms with E-state index in [1.54, 1.807) is 109 Å². The molecule has 5 aromatic carbocycles. The first-order valence-electron chi connectivity index (χ1n) is 20.1. The second-order valence-corrected chi connectivity index (χ2v) is 15.1. The van der Waals surface area contributed by atoms with Crippen LogP contribution in [0.25, 0.3) is 0 Å². The van der Waals surface area contributed by atoms with Crippen LogP contribution in [0.15, 0.2) is 127 Å². The van der Waals surface area contributed by atoms with E-state index in [1.807, 2.05) is 6.07 Å². The Kier molecular flexibility index (Phi) is 12.4. The Morgan fingerprint density at radius 3 is 2.00 bits per heavy atom. The van der Waals surface area contributed by atoms with E-state index in [4.69, 9.17) is 47.4 Å². The fourth-order valence-electron chi connectivity index (χ4n) is 8.80. The molecule has 8 rings (SSSR count). The number of methoxy groups -OCH3 is 4. The Bertz CT molecular complexity index is 2400. The van der Waals surface area contributed by atoms with Crippen molar-refractivity contribution in [1.82, 2.24) is 0 Å². The molecule has 2 aliphatic heterocycles. The Morgan fingerprint density at radius 1 is 0.762 bits per heavy atom. The molecule has 1 saturated heterocycles. The van der Waals surface area contributed by atoms with Crippen molar-refractivity contribution in [1.29, 1.82) is 0 Å². The van der Waals surface area contributed by atoms with E-state index < -0.39 is 78.4 Å². The van der Waals surface area contributed by atoms with Gasteiger partial charge < -0.3 is 57.6 Å². The molecular formula is C48H46O15. The van der Waals surface area contributed by atoms with Crippen LogP contribution in [0.1, 0.15) is 43.3 Å². The third-order valence-corrected chi connectivity index (χ3v) is 11.7. The minimum atomic E-state index is -2.32. The monoisotopic (exact) mass is 862 g/mol. The number of esters is 3. The maximum atomic E-state index is 13.7. The highest BCUT2D eigenvalue weighted by Crippen LogP contribution is 2.70. The van der Waals surface area contributed by atoms with Gasteiger partial charge in [-0.2, -0.15) is 0 Å². The molecule has 15 heteroatoms. The van der Waals surface area contributed by atoms with E-state index in [1.165, 1.54) is 40.6 Å². The summed E-state index contributed by atoms with van der Waals surface area (Å²) in [6.45, 7) is -0.545. The second kappa shape index (κ2) is 18.1. The van der Waals surface area contributed by atoms with Crippen LogP contribution in [-0.2, 0) is 44.4 Å². The van der Waals surface area contributed by atoms with E-state index >= 15 is 0 Å². The highest BCUT2D eigenvalue weighted by atomic mass is 16.8. The summed E-state index contributed by atoms with van der Waals surface area (Å²) in [4.78, 5) is 40.0. The molecule has 328 valence electrons. The van der Waals surface area contributed by atoms with Gasteiger partial charge in [0.05, 0.1) is 50.5 Å². The van der Waals surface area contributed by atoms with Crippen molar-refractivity contribution >= 4 is 17.9 Å². The predicted octanol–water partition coefficient (Wildman–Crippen LogP) is 5.30. The summed E-state index contributed by atoms with van der Waals surface area (Å²) in [5.41, 5.74) is -2.56. The van der Waals surface area contributed by atoms with Crippen LogP contribution in [0.3, 0.4) is 0 Å². The molecule has 1 aliphatic carbocycles. The lowest BCUT2D eigenvalue weighted by Gasteiger charge is -2.40. The number of fused-ring (bicyclic) bond motifs is 3. The molecule has 1 saturated carbocycles. The van der Waals surface area contributed by atoms with Gasteiger partial charge in [-0.3, -0.25) is 4.79 Å². The SMILES string of the molecule is COC(=O)[C@H]1[C@@H](O)[C@@]2(O)c3c(OC)cc(O[C@@H]4O[C@@H]([C@@H](COC(=O)c5ccccc5)OC(=O)c5ccccc5)CO[C@H]4OC)cc3O[C@@]2(c2ccc(OC)cc2)[C@@H]1c1ccccc1. The summed E-state index contributed by atoms with van der Waals surface area (Å²) >= 11 is 0. The largest absolute Gasteiger partial charge is 0.497 e. The molecule has 15 nitrogen and oxygen atoms in total. The lowest BCUT2D eigenvalue weighted by molar-refractivity contribution is -0.323. The van der Waals surface area contributed by atoms with Gasteiger partial charge in [-0.1, -0.05) is 78.9 Å². The normalized spacial score (nSPS) is 26.3. The van der Waals surface area contributed by atoms with Crippen LogP contribution in [0.5, 0.6) is 23.0 Å². The molecule has 2 N–H and O–H groups in total. The van der Waals surface area contributed by atoms with Crippen molar-refractivity contribution in [2.75, 3.05) is 41.7 Å². The number of carbonyl (C=O) groups excluding carboxylic acids is 3. The van der Waals surface area contributed by atoms with Crippen LogP contribution >= 0.6 is 0 Å². The molecule has 2 heterocycles. The Labute approximate surface area is 362 Å². The minimum Gasteiger partial charge on any atom is -0.497 e. The Balaban J connectivity index is 1.15. The van der Waals surface area contributed by atoms with Gasteiger partial charge in [0.15, 0.2) is 17.3 Å². The zero-order chi connectivity index (χ0) is 44.3. The van der Waals surface area contributed by atoms with Crippen LogP contribution < -0.4 is 18.9 Å². The molecule has 0 aromatic heterocycles. The maximum Gasteiger partial charge on any atom is 0.338 e. The topological polar surface area (TPSA) is 184 Å². The summed E-state index contributed by atoms with van der Waals surface area (Å²) in [5.74, 6) is -3.68. The highest BCUT2D eigenvalue weighted by Gasteiger charge is 2.78. The predicted molar refractivity (Wildman–Crippen MR) is 221 cm³/mol. The zero-order valence-electron chi connectivity index (χ0n) is 34.8. The number of hydrogen-bond donors (Lipinski definition) is 2. The summed E-state index contributed by atoms with van der Waals surface area (Å²) in [6, 6.07) is 35.4. The number of ether oxygens (including phenoxy) is 10. The molecule has 0 bridgehead atoms. The number of rotatable bonds is 14. The molecule has 9 atom stereocenters. The first-order chi connectivity index (χ1) is 30.6. The average Bonchev–Trinajstić information content (AvgIpc) is 3.71. The van der Waals surface area contributed by atoms with Gasteiger partial charge in [0, 0.05) is 25.2 Å². The minimum absolute atomic E-state index is 0.0431. The molecule has 0 unspecified atom stereocenters. The molecule has 0 amide bonds. The van der Waals surface area contributed by atoms with Gasteiger partial charge in [-0.15, -0.1) is 0 Å². The van der Waals surface area contributed by atoms with Crippen molar-refractivity contribution in [3.8, 4) is 23.0 Å². The first kappa shape index (κ1) is 43.2. The summed E-state index contributed by atoms with van der Waals surface area (Å²) < 4.78 is 59.5. The Hall–Kier alpha value is -6.49. The summed E-state index contributed by atoms with van der Waals surface area (Å²) in [7, 11) is 5.51. The van der Waals surface area contributed by atoms with Crippen molar-refractivity contribution in [2.45, 2.75) is 48.0 Å². The fraction of sp³-hybridized carbons (Fsp3) is 0.312. The van der Waals surface area contributed by atoms with E-state index in [2.05, 4.69) is 0 Å². The number of carbonyl (C=O) groups is 3. The highest BCUT2D eigenvalue weighted by molar-refractivity contribution is 5.90. The smallest absolute Gasteiger partial charge is 0.338 e. The van der Waals surface area contributed by atoms with Gasteiger partial charge in [-0.05, 0) is 47.5 Å². The summed E-state index contributed by atoms with van der Waals surface area (Å²) in [6.07, 6.45) is -6.44. The number of benzene rings is 5. The van der Waals surface area contributed by atoms with E-state index in [-0.39, 0.29) is 35.0 Å². The van der Waals surface area contributed by atoms with Gasteiger partial charge in [0.25, 0.3) is 6.29 Å². The molecule has 0 radical (unpaired) electrons. The number of hydrogen-bond acceptors (Lipinski definition) is 15.